The summed E-state index contributed by atoms with van der Waals surface area (Å²) in [4.78, 5) is 16.2. The number of aliphatic hydroxyl groups is 1. The first-order chi connectivity index (χ1) is 10.1. The van der Waals surface area contributed by atoms with Crippen molar-refractivity contribution in [3.63, 3.8) is 0 Å². The fourth-order valence-electron chi connectivity index (χ4n) is 2.76. The molecule has 116 valence electrons. The van der Waals surface area contributed by atoms with Gasteiger partial charge in [-0.15, -0.1) is 0 Å². The molecule has 0 aliphatic carbocycles. The van der Waals surface area contributed by atoms with Crippen LogP contribution in [0.3, 0.4) is 0 Å². The molecule has 0 saturated carbocycles. The summed E-state index contributed by atoms with van der Waals surface area (Å²) >= 11 is 0. The standard InChI is InChI=1S/C16H23FN2O2/c1-3-13(11-20)18-6-8-19(9-7-18)16(21)14-5-4-12(2)10-15(14)17/h4-5,10,13,20H,3,6-9,11H2,1-2H3. The van der Waals surface area contributed by atoms with Gasteiger partial charge in [0.15, 0.2) is 0 Å². The third-order valence-electron chi connectivity index (χ3n) is 4.15. The van der Waals surface area contributed by atoms with E-state index < -0.39 is 5.82 Å². The van der Waals surface area contributed by atoms with Gasteiger partial charge in [0.1, 0.15) is 5.82 Å². The van der Waals surface area contributed by atoms with E-state index in [2.05, 4.69) is 4.90 Å². The zero-order valence-electron chi connectivity index (χ0n) is 12.7. The molecule has 1 N–H and O–H groups in total. The van der Waals surface area contributed by atoms with Crippen LogP contribution in [0.2, 0.25) is 0 Å². The molecule has 0 spiro atoms. The molecule has 5 heteroatoms. The summed E-state index contributed by atoms with van der Waals surface area (Å²) in [5.74, 6) is -0.701. The van der Waals surface area contributed by atoms with Crippen molar-refractivity contribution in [3.8, 4) is 0 Å². The van der Waals surface area contributed by atoms with E-state index >= 15 is 0 Å². The SMILES string of the molecule is CCC(CO)N1CCN(C(=O)c2ccc(C)cc2F)CC1. The second-order valence-electron chi connectivity index (χ2n) is 5.56. The number of aryl methyl sites for hydroxylation is 1. The fraction of sp³-hybridized carbons (Fsp3) is 0.562. The Morgan fingerprint density at radius 3 is 2.52 bits per heavy atom. The highest BCUT2D eigenvalue weighted by atomic mass is 19.1. The van der Waals surface area contributed by atoms with E-state index in [1.807, 2.05) is 6.92 Å². The minimum Gasteiger partial charge on any atom is -0.395 e. The van der Waals surface area contributed by atoms with E-state index in [-0.39, 0.29) is 24.1 Å². The number of carbonyl (C=O) groups excluding carboxylic acids is 1. The van der Waals surface area contributed by atoms with Gasteiger partial charge in [0.2, 0.25) is 0 Å². The van der Waals surface area contributed by atoms with Gasteiger partial charge in [-0.25, -0.2) is 4.39 Å². The van der Waals surface area contributed by atoms with Crippen LogP contribution in [-0.4, -0.2) is 59.6 Å². The van der Waals surface area contributed by atoms with Gasteiger partial charge in [0.05, 0.1) is 12.2 Å². The molecule has 1 atom stereocenters. The number of nitrogens with zero attached hydrogens (tertiary/aromatic N) is 2. The number of benzene rings is 1. The van der Waals surface area contributed by atoms with Crippen LogP contribution in [0.4, 0.5) is 4.39 Å². The van der Waals surface area contributed by atoms with Crippen LogP contribution in [0.25, 0.3) is 0 Å². The molecule has 1 aliphatic rings. The van der Waals surface area contributed by atoms with Crippen LogP contribution in [0.5, 0.6) is 0 Å². The minimum atomic E-state index is -0.454. The zero-order chi connectivity index (χ0) is 15.4. The molecule has 1 amide bonds. The summed E-state index contributed by atoms with van der Waals surface area (Å²) < 4.78 is 13.9. The molecule has 1 aromatic rings. The quantitative estimate of drug-likeness (QED) is 0.918. The topological polar surface area (TPSA) is 43.8 Å². The third kappa shape index (κ3) is 3.60. The number of aliphatic hydroxyl groups excluding tert-OH is 1. The number of rotatable bonds is 4. The van der Waals surface area contributed by atoms with E-state index in [1.165, 1.54) is 6.07 Å². The van der Waals surface area contributed by atoms with Crippen LogP contribution < -0.4 is 0 Å². The number of hydrogen-bond donors (Lipinski definition) is 1. The molecule has 1 saturated heterocycles. The van der Waals surface area contributed by atoms with Crippen molar-refractivity contribution in [1.82, 2.24) is 9.80 Å². The molecule has 1 aliphatic heterocycles. The summed E-state index contributed by atoms with van der Waals surface area (Å²) in [6.45, 7) is 6.56. The van der Waals surface area contributed by atoms with Gasteiger partial charge in [0, 0.05) is 32.2 Å². The molecule has 4 nitrogen and oxygen atoms in total. The number of hydrogen-bond acceptors (Lipinski definition) is 3. The molecular weight excluding hydrogens is 271 g/mol. The van der Waals surface area contributed by atoms with E-state index in [0.717, 1.165) is 25.1 Å². The molecule has 2 rings (SSSR count). The van der Waals surface area contributed by atoms with E-state index in [1.54, 1.807) is 24.0 Å². The molecule has 0 aromatic heterocycles. The van der Waals surface area contributed by atoms with Crippen molar-refractivity contribution < 1.29 is 14.3 Å². The van der Waals surface area contributed by atoms with Crippen molar-refractivity contribution in [2.24, 2.45) is 0 Å². The van der Waals surface area contributed by atoms with Crippen LogP contribution in [0.1, 0.15) is 29.3 Å². The van der Waals surface area contributed by atoms with Crippen LogP contribution in [0.15, 0.2) is 18.2 Å². The maximum atomic E-state index is 13.9. The number of halogens is 1. The summed E-state index contributed by atoms with van der Waals surface area (Å²) in [5.41, 5.74) is 0.950. The maximum absolute atomic E-state index is 13.9. The van der Waals surface area contributed by atoms with Crippen molar-refractivity contribution >= 4 is 5.91 Å². The monoisotopic (exact) mass is 294 g/mol. The Balaban J connectivity index is 2.00. The Labute approximate surface area is 125 Å². The van der Waals surface area contributed by atoms with Gasteiger partial charge < -0.3 is 10.0 Å². The van der Waals surface area contributed by atoms with Crippen molar-refractivity contribution in [3.05, 3.63) is 35.1 Å². The molecule has 0 bridgehead atoms. The van der Waals surface area contributed by atoms with Crippen LogP contribution in [0, 0.1) is 12.7 Å². The number of amides is 1. The van der Waals surface area contributed by atoms with Crippen molar-refractivity contribution in [2.45, 2.75) is 26.3 Å². The van der Waals surface area contributed by atoms with Gasteiger partial charge in [0.25, 0.3) is 5.91 Å². The zero-order valence-corrected chi connectivity index (χ0v) is 12.7. The Bertz CT molecular complexity index is 495. The molecule has 21 heavy (non-hydrogen) atoms. The van der Waals surface area contributed by atoms with Crippen LogP contribution in [-0.2, 0) is 0 Å². The van der Waals surface area contributed by atoms with Gasteiger partial charge in [-0.2, -0.15) is 0 Å². The largest absolute Gasteiger partial charge is 0.395 e. The fourth-order valence-corrected chi connectivity index (χ4v) is 2.76. The molecule has 1 fully saturated rings. The Morgan fingerprint density at radius 1 is 1.33 bits per heavy atom. The molecular formula is C16H23FN2O2. The lowest BCUT2D eigenvalue weighted by Gasteiger charge is -2.38. The molecule has 1 unspecified atom stereocenters. The highest BCUT2D eigenvalue weighted by Crippen LogP contribution is 2.15. The van der Waals surface area contributed by atoms with Gasteiger partial charge in [-0.05, 0) is 31.0 Å². The number of carbonyl (C=O) groups is 1. The minimum absolute atomic E-state index is 0.136. The Kier molecular flexibility index (Phi) is 5.31. The predicted octanol–water partition coefficient (Wildman–Crippen LogP) is 1.66. The average Bonchev–Trinajstić information content (AvgIpc) is 2.48. The lowest BCUT2D eigenvalue weighted by atomic mass is 10.1. The average molecular weight is 294 g/mol. The summed E-state index contributed by atoms with van der Waals surface area (Å²) in [6.07, 6.45) is 0.886. The lowest BCUT2D eigenvalue weighted by molar-refractivity contribution is 0.0469. The van der Waals surface area contributed by atoms with Gasteiger partial charge >= 0.3 is 0 Å². The second-order valence-corrected chi connectivity index (χ2v) is 5.56. The highest BCUT2D eigenvalue weighted by molar-refractivity contribution is 5.94. The first-order valence-electron chi connectivity index (χ1n) is 7.47. The maximum Gasteiger partial charge on any atom is 0.256 e. The Hall–Kier alpha value is -1.46. The molecule has 0 radical (unpaired) electrons. The van der Waals surface area contributed by atoms with E-state index in [0.29, 0.717) is 13.1 Å². The van der Waals surface area contributed by atoms with Gasteiger partial charge in [-0.3, -0.25) is 9.69 Å². The third-order valence-corrected chi connectivity index (χ3v) is 4.15. The lowest BCUT2D eigenvalue weighted by Crippen LogP contribution is -2.52. The summed E-state index contributed by atoms with van der Waals surface area (Å²) in [5, 5.41) is 9.32. The normalized spacial score (nSPS) is 17.8. The van der Waals surface area contributed by atoms with Crippen molar-refractivity contribution in [2.75, 3.05) is 32.8 Å². The van der Waals surface area contributed by atoms with Crippen LogP contribution >= 0.6 is 0 Å². The second kappa shape index (κ2) is 7.00. The predicted molar refractivity (Wildman–Crippen MR) is 79.8 cm³/mol. The molecule has 1 aromatic carbocycles. The first-order valence-corrected chi connectivity index (χ1v) is 7.47. The smallest absolute Gasteiger partial charge is 0.256 e. The van der Waals surface area contributed by atoms with E-state index in [9.17, 15) is 14.3 Å². The Morgan fingerprint density at radius 2 is 2.00 bits per heavy atom. The highest BCUT2D eigenvalue weighted by Gasteiger charge is 2.26. The van der Waals surface area contributed by atoms with E-state index in [4.69, 9.17) is 0 Å². The summed E-state index contributed by atoms with van der Waals surface area (Å²) in [6, 6.07) is 4.86. The van der Waals surface area contributed by atoms with Crippen molar-refractivity contribution in [1.29, 1.82) is 0 Å². The van der Waals surface area contributed by atoms with Gasteiger partial charge in [-0.1, -0.05) is 13.0 Å². The number of piperazine rings is 1. The first kappa shape index (κ1) is 15.9. The molecule has 1 heterocycles. The summed E-state index contributed by atoms with van der Waals surface area (Å²) in [7, 11) is 0.